The molecule has 1 N–H and O–H groups in total. The van der Waals surface area contributed by atoms with E-state index in [0.717, 1.165) is 5.56 Å². The average molecular weight is 615 g/mol. The van der Waals surface area contributed by atoms with Crippen molar-refractivity contribution in [1.29, 1.82) is 0 Å². The third-order valence-corrected chi connectivity index (χ3v) is 3.82. The van der Waals surface area contributed by atoms with E-state index >= 15 is 0 Å². The van der Waals surface area contributed by atoms with Crippen LogP contribution in [0.2, 0.25) is 0 Å². The van der Waals surface area contributed by atoms with Gasteiger partial charge in [0.25, 0.3) is 5.91 Å². The first kappa shape index (κ1) is 31.8. The molecule has 27 heavy (non-hydrogen) atoms. The molecule has 0 aliphatic carbocycles. The zero-order valence-electron chi connectivity index (χ0n) is 17.7. The van der Waals surface area contributed by atoms with Gasteiger partial charge < -0.3 is 17.4 Å². The van der Waals surface area contributed by atoms with Crippen LogP contribution in [-0.4, -0.2) is 34.0 Å². The maximum Gasteiger partial charge on any atom is 1.00 e. The zero-order chi connectivity index (χ0) is 18.2. The van der Waals surface area contributed by atoms with E-state index in [9.17, 15) is 9.90 Å². The molecule has 2 aromatic rings. The standard InChI is InChI=1S/C16H16N2O2.2C2H6.CH3.Rb.Re/c1-16(12-5-7-13(19)8-6-12)10-18(11-16)15(20)14-4-2-3-9-17-14;2*1-2;;;/h2-9,19H,10-11H2,1H3;2*1-2H3;1H3;;/q;;;-1;+1;. The molecule has 3 rings (SSSR count). The van der Waals surface area contributed by atoms with Gasteiger partial charge in [-0.05, 0) is 29.8 Å². The van der Waals surface area contributed by atoms with Crippen molar-refractivity contribution in [3.63, 3.8) is 0 Å². The van der Waals surface area contributed by atoms with Crippen molar-refractivity contribution in [2.45, 2.75) is 40.0 Å². The molecule has 145 valence electrons. The topological polar surface area (TPSA) is 53.4 Å². The Kier molecular flexibility index (Phi) is 18.8. The van der Waals surface area contributed by atoms with Crippen LogP contribution in [0.4, 0.5) is 0 Å². The molecule has 0 unspecified atom stereocenters. The van der Waals surface area contributed by atoms with E-state index in [1.807, 2.05) is 45.9 Å². The molecule has 0 bridgehead atoms. The van der Waals surface area contributed by atoms with Crippen molar-refractivity contribution in [2.75, 3.05) is 13.1 Å². The van der Waals surface area contributed by atoms with Gasteiger partial charge >= 0.3 is 58.2 Å². The first-order valence-electron chi connectivity index (χ1n) is 8.58. The largest absolute Gasteiger partial charge is 1.00 e. The van der Waals surface area contributed by atoms with Crippen LogP contribution in [0.25, 0.3) is 0 Å². The minimum atomic E-state index is -0.0435. The van der Waals surface area contributed by atoms with E-state index in [2.05, 4.69) is 11.9 Å². The summed E-state index contributed by atoms with van der Waals surface area (Å²) in [6, 6.07) is 12.6. The van der Waals surface area contributed by atoms with Gasteiger partial charge in [0.15, 0.2) is 0 Å². The van der Waals surface area contributed by atoms with Crippen molar-refractivity contribution in [3.8, 4) is 5.75 Å². The van der Waals surface area contributed by atoms with Crippen molar-refractivity contribution in [3.05, 3.63) is 67.3 Å². The molecule has 1 aliphatic heterocycles. The maximum absolute atomic E-state index is 12.2. The molecule has 0 atom stereocenters. The Morgan fingerprint density at radius 1 is 1.04 bits per heavy atom. The van der Waals surface area contributed by atoms with Gasteiger partial charge in [0.05, 0.1) is 0 Å². The van der Waals surface area contributed by atoms with Crippen molar-refractivity contribution < 1.29 is 88.5 Å². The Bertz CT molecular complexity index is 630. The van der Waals surface area contributed by atoms with E-state index in [1.54, 1.807) is 35.4 Å². The fourth-order valence-electron chi connectivity index (χ4n) is 2.64. The summed E-state index contributed by atoms with van der Waals surface area (Å²) in [7, 11) is 0. The van der Waals surface area contributed by atoms with E-state index < -0.39 is 0 Å². The number of amides is 1. The Labute approximate surface area is 227 Å². The van der Waals surface area contributed by atoms with Crippen LogP contribution in [0.3, 0.4) is 0 Å². The normalized spacial score (nSPS) is 12.7. The third-order valence-electron chi connectivity index (χ3n) is 3.82. The number of phenols is 1. The molecule has 0 spiro atoms. The number of carbonyl (C=O) groups is 1. The predicted molar refractivity (Wildman–Crippen MR) is 105 cm³/mol. The van der Waals surface area contributed by atoms with Gasteiger partial charge in [-0.1, -0.05) is 52.8 Å². The van der Waals surface area contributed by atoms with Crippen LogP contribution >= 0.6 is 0 Å². The van der Waals surface area contributed by atoms with Crippen LogP contribution in [0, 0.1) is 7.43 Å². The van der Waals surface area contributed by atoms with Crippen molar-refractivity contribution in [1.82, 2.24) is 9.88 Å². The molecular weight excluding hydrogens is 584 g/mol. The Balaban J connectivity index is -0.000000773. The number of pyridine rings is 1. The molecule has 1 aromatic heterocycles. The smallest absolute Gasteiger partial charge is 0.508 e. The predicted octanol–water partition coefficient (Wildman–Crippen LogP) is 1.71. The summed E-state index contributed by atoms with van der Waals surface area (Å²) in [5, 5.41) is 9.33. The number of rotatable bonds is 2. The van der Waals surface area contributed by atoms with Crippen LogP contribution in [0.1, 0.15) is 50.7 Å². The molecular formula is C21H31N2O2RbRe. The monoisotopic (exact) mass is 615 g/mol. The fraction of sp³-hybridized carbons (Fsp3) is 0.381. The molecule has 6 heteroatoms. The molecule has 1 amide bonds. The summed E-state index contributed by atoms with van der Waals surface area (Å²) in [6.45, 7) is 11.5. The van der Waals surface area contributed by atoms with Gasteiger partial charge in [-0.2, -0.15) is 0 Å². The number of likely N-dealkylation sites (tertiary alicyclic amines) is 1. The summed E-state index contributed by atoms with van der Waals surface area (Å²) in [5.41, 5.74) is 1.58. The number of nitrogens with zero attached hydrogens (tertiary/aromatic N) is 2. The van der Waals surface area contributed by atoms with Crippen LogP contribution < -0.4 is 58.2 Å². The number of aromatic nitrogens is 1. The summed E-state index contributed by atoms with van der Waals surface area (Å²) in [6.07, 6.45) is 1.63. The number of hydrogen-bond donors (Lipinski definition) is 1. The Morgan fingerprint density at radius 2 is 1.56 bits per heavy atom. The number of phenolic OH excluding ortho intramolecular Hbond substituents is 1. The van der Waals surface area contributed by atoms with Gasteiger partial charge in [0, 0.05) is 45.1 Å². The second-order valence-corrected chi connectivity index (χ2v) is 5.48. The Hall–Kier alpha value is 0.108. The number of carbonyl (C=O) groups excluding carboxylic acids is 1. The third kappa shape index (κ3) is 8.56. The SMILES string of the molecule is CC.CC.CC1(c2ccc(O)cc2)CN(C(=O)c2ccccn2)C1.[CH3-].[Rb+].[Re]. The van der Waals surface area contributed by atoms with E-state index in [0.29, 0.717) is 18.8 Å². The Morgan fingerprint density at radius 3 is 2.00 bits per heavy atom. The van der Waals surface area contributed by atoms with E-state index in [-0.39, 0.29) is 103 Å². The average Bonchev–Trinajstić information content (AvgIpc) is 2.63. The second kappa shape index (κ2) is 16.0. The minimum Gasteiger partial charge on any atom is -0.508 e. The van der Waals surface area contributed by atoms with Gasteiger partial charge in [-0.3, -0.25) is 9.78 Å². The molecule has 1 fully saturated rings. The molecule has 0 saturated carbocycles. The molecule has 4 nitrogen and oxygen atoms in total. The van der Waals surface area contributed by atoms with Gasteiger partial charge in [0.1, 0.15) is 11.4 Å². The van der Waals surface area contributed by atoms with Gasteiger partial charge in [-0.15, -0.1) is 0 Å². The van der Waals surface area contributed by atoms with Crippen LogP contribution in [0.15, 0.2) is 48.7 Å². The summed E-state index contributed by atoms with van der Waals surface area (Å²) in [4.78, 5) is 18.1. The maximum atomic E-state index is 12.2. The molecule has 2 heterocycles. The molecule has 1 aliphatic rings. The molecule has 1 aromatic carbocycles. The van der Waals surface area contributed by atoms with E-state index in [4.69, 9.17) is 0 Å². The molecule has 1 radical (unpaired) electrons. The van der Waals surface area contributed by atoms with Gasteiger partial charge in [0.2, 0.25) is 0 Å². The van der Waals surface area contributed by atoms with Crippen molar-refractivity contribution >= 4 is 5.91 Å². The van der Waals surface area contributed by atoms with E-state index in [1.165, 1.54) is 0 Å². The first-order valence-corrected chi connectivity index (χ1v) is 8.58. The van der Waals surface area contributed by atoms with Crippen LogP contribution in [-0.2, 0) is 25.8 Å². The second-order valence-electron chi connectivity index (χ2n) is 5.48. The number of benzene rings is 1. The van der Waals surface area contributed by atoms with Crippen LogP contribution in [0.5, 0.6) is 5.75 Å². The fourth-order valence-corrected chi connectivity index (χ4v) is 2.64. The summed E-state index contributed by atoms with van der Waals surface area (Å²) >= 11 is 0. The number of hydrogen-bond acceptors (Lipinski definition) is 3. The summed E-state index contributed by atoms with van der Waals surface area (Å²) < 4.78 is 0. The van der Waals surface area contributed by atoms with Gasteiger partial charge in [-0.25, -0.2) is 0 Å². The zero-order valence-corrected chi connectivity index (χ0v) is 25.3. The minimum absolute atomic E-state index is 0. The quantitative estimate of drug-likeness (QED) is 0.525. The summed E-state index contributed by atoms with van der Waals surface area (Å²) in [5.74, 6) is 0.236. The molecule has 1 saturated heterocycles. The first-order chi connectivity index (χ1) is 11.6. The number of aromatic hydroxyl groups is 1. The van der Waals surface area contributed by atoms with Crippen molar-refractivity contribution in [2.24, 2.45) is 0 Å².